The van der Waals surface area contributed by atoms with Gasteiger partial charge in [-0.15, -0.1) is 0 Å². The van der Waals surface area contributed by atoms with E-state index in [2.05, 4.69) is 20.9 Å². The molecule has 0 bridgehead atoms. The highest BCUT2D eigenvalue weighted by Gasteiger charge is 2.15. The van der Waals surface area contributed by atoms with E-state index in [-0.39, 0.29) is 19.7 Å². The lowest BCUT2D eigenvalue weighted by atomic mass is 10.1. The zero-order valence-corrected chi connectivity index (χ0v) is 20.9. The van der Waals surface area contributed by atoms with Gasteiger partial charge >= 0.3 is 5.97 Å². The van der Waals surface area contributed by atoms with Crippen LogP contribution in [0.25, 0.3) is 0 Å². The van der Waals surface area contributed by atoms with Crippen molar-refractivity contribution in [2.24, 2.45) is 16.0 Å². The largest absolute Gasteiger partial charge is 0.493 e. The number of hydrogen-bond donors (Lipinski definition) is 3. The molecule has 3 rings (SSSR count). The molecule has 0 aromatic heterocycles. The lowest BCUT2D eigenvalue weighted by molar-refractivity contribution is -0.144. The normalized spacial score (nSPS) is 11.5. The number of rotatable bonds is 14. The van der Waals surface area contributed by atoms with Crippen molar-refractivity contribution in [1.29, 1.82) is 0 Å². The summed E-state index contributed by atoms with van der Waals surface area (Å²) in [5.41, 5.74) is 8.27. The summed E-state index contributed by atoms with van der Waals surface area (Å²) in [6.07, 6.45) is 0.834. The van der Waals surface area contributed by atoms with Crippen molar-refractivity contribution < 1.29 is 23.9 Å². The Morgan fingerprint density at radius 2 is 1.39 bits per heavy atom. The maximum Gasteiger partial charge on any atom is 0.325 e. The first-order valence-electron chi connectivity index (χ1n) is 12.2. The lowest BCUT2D eigenvalue weighted by Gasteiger charge is -2.12. The molecule has 3 aromatic rings. The molecular formula is C28H31N5O5. The number of nitrogens with two attached hydrogens (primary N) is 1. The number of carbonyl (C=O) groups is 3. The molecule has 10 heteroatoms. The maximum atomic E-state index is 12.1. The third-order valence-corrected chi connectivity index (χ3v) is 5.18. The van der Waals surface area contributed by atoms with Gasteiger partial charge in [0.2, 0.25) is 11.8 Å². The topological polar surface area (TPSA) is 144 Å². The van der Waals surface area contributed by atoms with Crippen LogP contribution >= 0.6 is 0 Å². The van der Waals surface area contributed by atoms with Gasteiger partial charge in [0.05, 0.1) is 37.2 Å². The molecule has 0 saturated carbocycles. The molecule has 2 amide bonds. The number of azo groups is 1. The number of nitrogens with one attached hydrogen (secondary N) is 2. The predicted molar refractivity (Wildman–Crippen MR) is 142 cm³/mol. The summed E-state index contributed by atoms with van der Waals surface area (Å²) in [5, 5.41) is 13.2. The summed E-state index contributed by atoms with van der Waals surface area (Å²) < 4.78 is 10.7. The number of carbonyl (C=O) groups excluding carboxylic acids is 3. The van der Waals surface area contributed by atoms with E-state index in [1.807, 2.05) is 60.7 Å². The van der Waals surface area contributed by atoms with Crippen molar-refractivity contribution in [3.8, 4) is 5.75 Å². The van der Waals surface area contributed by atoms with Crippen molar-refractivity contribution in [3.63, 3.8) is 0 Å². The Morgan fingerprint density at radius 1 is 0.763 bits per heavy atom. The fraction of sp³-hybridized carbons (Fsp3) is 0.250. The Morgan fingerprint density at radius 3 is 2.08 bits per heavy atom. The van der Waals surface area contributed by atoms with E-state index in [1.54, 1.807) is 24.3 Å². The quantitative estimate of drug-likeness (QED) is 0.170. The van der Waals surface area contributed by atoms with Gasteiger partial charge in [-0.2, -0.15) is 10.2 Å². The molecule has 3 aromatic carbocycles. The number of nitrogens with zero attached hydrogens (tertiary/aromatic N) is 2. The zero-order valence-electron chi connectivity index (χ0n) is 20.9. The van der Waals surface area contributed by atoms with Crippen LogP contribution in [0.5, 0.6) is 5.75 Å². The SMILES string of the molecule is N[C@@H](Cc1ccccc1)C(=O)NCC(=O)NCC(=O)OCCCOc1ccc(N=Nc2ccccc2)cc1. The second-order valence-electron chi connectivity index (χ2n) is 8.24. The third-order valence-electron chi connectivity index (χ3n) is 5.18. The van der Waals surface area contributed by atoms with Crippen LogP contribution in [0.2, 0.25) is 0 Å². The Hall–Kier alpha value is -4.57. The van der Waals surface area contributed by atoms with Crippen LogP contribution in [-0.4, -0.2) is 50.1 Å². The number of hydrogen-bond acceptors (Lipinski definition) is 8. The number of amides is 2. The molecule has 198 valence electrons. The van der Waals surface area contributed by atoms with E-state index in [0.717, 1.165) is 11.3 Å². The zero-order chi connectivity index (χ0) is 27.0. The highest BCUT2D eigenvalue weighted by Crippen LogP contribution is 2.21. The van der Waals surface area contributed by atoms with E-state index in [4.69, 9.17) is 15.2 Å². The first-order valence-corrected chi connectivity index (χ1v) is 12.2. The van der Waals surface area contributed by atoms with Gasteiger partial charge in [0, 0.05) is 6.42 Å². The Bertz CT molecular complexity index is 1190. The molecule has 0 aliphatic heterocycles. The van der Waals surface area contributed by atoms with Crippen molar-refractivity contribution in [2.75, 3.05) is 26.3 Å². The number of benzene rings is 3. The van der Waals surface area contributed by atoms with Crippen LogP contribution in [0.1, 0.15) is 12.0 Å². The standard InChI is InChI=1S/C28H31N5O5/c29-25(18-21-8-3-1-4-9-21)28(36)31-19-26(34)30-20-27(35)38-17-7-16-37-24-14-12-23(13-15-24)33-32-22-10-5-2-6-11-22/h1-6,8-15,25H,7,16-20,29H2,(H,30,34)(H,31,36)/t25-/m0/s1. The third kappa shape index (κ3) is 10.6. The van der Waals surface area contributed by atoms with Crippen LogP contribution in [-0.2, 0) is 25.5 Å². The predicted octanol–water partition coefficient (Wildman–Crippen LogP) is 3.22. The van der Waals surface area contributed by atoms with Gasteiger partial charge in [-0.05, 0) is 48.4 Å². The number of ether oxygens (including phenoxy) is 2. The minimum atomic E-state index is -0.777. The molecule has 4 N–H and O–H groups in total. The Kier molecular flexibility index (Phi) is 11.4. The molecule has 0 heterocycles. The summed E-state index contributed by atoms with van der Waals surface area (Å²) >= 11 is 0. The summed E-state index contributed by atoms with van der Waals surface area (Å²) in [6.45, 7) is -0.0948. The molecule has 0 spiro atoms. The second kappa shape index (κ2) is 15.5. The fourth-order valence-electron chi connectivity index (χ4n) is 3.20. The maximum absolute atomic E-state index is 12.1. The summed E-state index contributed by atoms with van der Waals surface area (Å²) in [5.74, 6) is -0.888. The van der Waals surface area contributed by atoms with E-state index < -0.39 is 23.8 Å². The minimum absolute atomic E-state index is 0.142. The van der Waals surface area contributed by atoms with Gasteiger partial charge in [-0.3, -0.25) is 14.4 Å². The van der Waals surface area contributed by atoms with Gasteiger partial charge in [-0.1, -0.05) is 48.5 Å². The Balaban J connectivity index is 1.23. The van der Waals surface area contributed by atoms with Crippen LogP contribution in [0.15, 0.2) is 95.2 Å². The molecular weight excluding hydrogens is 486 g/mol. The minimum Gasteiger partial charge on any atom is -0.493 e. The van der Waals surface area contributed by atoms with E-state index in [9.17, 15) is 14.4 Å². The molecule has 1 atom stereocenters. The molecule has 0 aliphatic rings. The fourth-order valence-corrected chi connectivity index (χ4v) is 3.20. The molecule has 38 heavy (non-hydrogen) atoms. The van der Waals surface area contributed by atoms with Crippen LogP contribution in [0.3, 0.4) is 0 Å². The molecule has 10 nitrogen and oxygen atoms in total. The van der Waals surface area contributed by atoms with Gasteiger partial charge in [0.15, 0.2) is 0 Å². The van der Waals surface area contributed by atoms with E-state index in [1.165, 1.54) is 0 Å². The summed E-state index contributed by atoms with van der Waals surface area (Å²) in [7, 11) is 0. The van der Waals surface area contributed by atoms with Crippen molar-refractivity contribution in [2.45, 2.75) is 18.9 Å². The second-order valence-corrected chi connectivity index (χ2v) is 8.24. The van der Waals surface area contributed by atoms with Gasteiger partial charge in [0.25, 0.3) is 0 Å². The smallest absolute Gasteiger partial charge is 0.325 e. The lowest BCUT2D eigenvalue weighted by Crippen LogP contribution is -2.46. The van der Waals surface area contributed by atoms with Crippen LogP contribution in [0.4, 0.5) is 11.4 Å². The monoisotopic (exact) mass is 517 g/mol. The van der Waals surface area contributed by atoms with Gasteiger partial charge < -0.3 is 25.8 Å². The summed E-state index contributed by atoms with van der Waals surface area (Å²) in [4.78, 5) is 35.8. The number of esters is 1. The van der Waals surface area contributed by atoms with Crippen molar-refractivity contribution in [3.05, 3.63) is 90.5 Å². The molecule has 0 saturated heterocycles. The molecule has 0 aliphatic carbocycles. The average Bonchev–Trinajstić information content (AvgIpc) is 2.95. The highest BCUT2D eigenvalue weighted by molar-refractivity contribution is 5.88. The molecule has 0 fully saturated rings. The van der Waals surface area contributed by atoms with E-state index in [0.29, 0.717) is 30.9 Å². The van der Waals surface area contributed by atoms with Crippen LogP contribution in [0, 0.1) is 0 Å². The van der Waals surface area contributed by atoms with Gasteiger partial charge in [0.1, 0.15) is 12.3 Å². The first-order chi connectivity index (χ1) is 18.5. The van der Waals surface area contributed by atoms with E-state index >= 15 is 0 Å². The molecule has 0 unspecified atom stereocenters. The molecule has 0 radical (unpaired) electrons. The van der Waals surface area contributed by atoms with Gasteiger partial charge in [-0.25, -0.2) is 0 Å². The summed E-state index contributed by atoms with van der Waals surface area (Å²) in [6, 6.07) is 25.2. The van der Waals surface area contributed by atoms with Crippen molar-refractivity contribution in [1.82, 2.24) is 10.6 Å². The van der Waals surface area contributed by atoms with Crippen molar-refractivity contribution >= 4 is 29.2 Å². The first kappa shape index (κ1) is 28.0. The Labute approximate surface area is 221 Å². The highest BCUT2D eigenvalue weighted by atomic mass is 16.5. The average molecular weight is 518 g/mol. The van der Waals surface area contributed by atoms with Crippen LogP contribution < -0.4 is 21.1 Å².